The first-order chi connectivity index (χ1) is 12.8. The van der Waals surface area contributed by atoms with Gasteiger partial charge in [-0.1, -0.05) is 29.3 Å². The fraction of sp³-hybridized carbons (Fsp3) is 0.235. The fourth-order valence-corrected chi connectivity index (χ4v) is 3.87. The Balaban J connectivity index is 2.03. The Bertz CT molecular complexity index is 1260. The Labute approximate surface area is 162 Å². The van der Waals surface area contributed by atoms with E-state index in [1.54, 1.807) is 30.3 Å². The van der Waals surface area contributed by atoms with Gasteiger partial charge in [0.15, 0.2) is 6.80 Å². The molecule has 0 aliphatic carbocycles. The third-order valence-electron chi connectivity index (χ3n) is 4.47. The van der Waals surface area contributed by atoms with Gasteiger partial charge >= 0.3 is 0 Å². The van der Waals surface area contributed by atoms with Crippen LogP contribution in [0.25, 0.3) is 33.1 Å². The van der Waals surface area contributed by atoms with Crippen LogP contribution in [-0.4, -0.2) is 38.4 Å². The topological polar surface area (TPSA) is 71.7 Å². The zero-order valence-electron chi connectivity index (χ0n) is 14.7. The van der Waals surface area contributed by atoms with E-state index in [2.05, 4.69) is 15.1 Å². The number of aromatic amines is 1. The summed E-state index contributed by atoms with van der Waals surface area (Å²) in [7, 11) is 5.29. The number of rotatable bonds is 3. The van der Waals surface area contributed by atoms with Crippen LogP contribution in [0.15, 0.2) is 23.1 Å². The summed E-state index contributed by atoms with van der Waals surface area (Å²) in [6, 6.07) is 3.43. The van der Waals surface area contributed by atoms with E-state index < -0.39 is 6.80 Å². The van der Waals surface area contributed by atoms with Gasteiger partial charge in [0.25, 0.3) is 5.56 Å². The van der Waals surface area contributed by atoms with Crippen molar-refractivity contribution in [3.8, 4) is 11.1 Å². The molecule has 0 unspecified atom stereocenters. The van der Waals surface area contributed by atoms with Crippen molar-refractivity contribution in [1.29, 1.82) is 0 Å². The molecule has 0 amide bonds. The van der Waals surface area contributed by atoms with Gasteiger partial charge < -0.3 is 9.88 Å². The highest BCUT2D eigenvalue weighted by molar-refractivity contribution is 6.43. The van der Waals surface area contributed by atoms with Gasteiger partial charge in [0.2, 0.25) is 5.95 Å². The van der Waals surface area contributed by atoms with E-state index in [1.165, 1.54) is 4.57 Å². The number of fused-ring (bicyclic) bond motifs is 2. The Kier molecular flexibility index (Phi) is 4.12. The number of nitrogens with zero attached hydrogens (tertiary/aromatic N) is 5. The van der Waals surface area contributed by atoms with Crippen molar-refractivity contribution in [3.05, 3.63) is 38.9 Å². The van der Waals surface area contributed by atoms with Crippen LogP contribution in [0.3, 0.4) is 0 Å². The van der Waals surface area contributed by atoms with Crippen molar-refractivity contribution in [2.75, 3.05) is 19.0 Å². The maximum Gasteiger partial charge on any atom is 0.264 e. The summed E-state index contributed by atoms with van der Waals surface area (Å²) < 4.78 is 15.6. The minimum absolute atomic E-state index is 0.111. The molecule has 7 nitrogen and oxygen atoms in total. The van der Waals surface area contributed by atoms with Gasteiger partial charge in [-0.2, -0.15) is 10.1 Å². The molecule has 0 aliphatic rings. The van der Waals surface area contributed by atoms with Crippen molar-refractivity contribution in [1.82, 2.24) is 24.3 Å². The minimum atomic E-state index is -0.857. The standard InChI is InChI=1S/C17H15Cl2FN6O/c1-24(2)17-22-15-11(16(27)25(17)3)9(6-21-15)8-4-5-10-12(13(8)18)14(19)26(7-20)23-10/h4-6,21H,7H2,1-3H3. The Morgan fingerprint density at radius 1 is 1.22 bits per heavy atom. The summed E-state index contributed by atoms with van der Waals surface area (Å²) in [6.45, 7) is -0.857. The number of H-pyrrole nitrogens is 1. The number of halogens is 3. The maximum atomic E-state index is 13.1. The normalized spacial score (nSPS) is 11.6. The monoisotopic (exact) mass is 408 g/mol. The van der Waals surface area contributed by atoms with Crippen LogP contribution in [0.1, 0.15) is 0 Å². The fourth-order valence-electron chi connectivity index (χ4n) is 3.20. The molecular formula is C17H15Cl2FN6O. The van der Waals surface area contributed by atoms with Gasteiger partial charge in [-0.15, -0.1) is 0 Å². The van der Waals surface area contributed by atoms with E-state index in [4.69, 9.17) is 23.2 Å². The molecule has 4 aromatic rings. The Hall–Kier alpha value is -2.58. The molecule has 0 saturated carbocycles. The quantitative estimate of drug-likeness (QED) is 0.562. The summed E-state index contributed by atoms with van der Waals surface area (Å²) >= 11 is 12.8. The van der Waals surface area contributed by atoms with Gasteiger partial charge in [-0.25, -0.2) is 9.07 Å². The largest absolute Gasteiger partial charge is 0.348 e. The molecule has 0 aliphatic heterocycles. The van der Waals surface area contributed by atoms with Crippen LogP contribution >= 0.6 is 23.2 Å². The lowest BCUT2D eigenvalue weighted by Crippen LogP contribution is -2.26. The Morgan fingerprint density at radius 3 is 2.63 bits per heavy atom. The average Bonchev–Trinajstić information content (AvgIpc) is 3.19. The lowest BCUT2D eigenvalue weighted by Gasteiger charge is -2.15. The van der Waals surface area contributed by atoms with E-state index in [0.717, 1.165) is 4.68 Å². The van der Waals surface area contributed by atoms with Gasteiger partial charge in [-0.3, -0.25) is 9.36 Å². The maximum absolute atomic E-state index is 13.1. The second-order valence-electron chi connectivity index (χ2n) is 6.33. The summed E-state index contributed by atoms with van der Waals surface area (Å²) in [4.78, 5) is 22.2. The van der Waals surface area contributed by atoms with Gasteiger partial charge in [0.1, 0.15) is 10.8 Å². The molecule has 27 heavy (non-hydrogen) atoms. The highest BCUT2D eigenvalue weighted by Gasteiger charge is 2.21. The number of nitrogens with one attached hydrogen (secondary N) is 1. The zero-order valence-corrected chi connectivity index (χ0v) is 16.2. The molecule has 0 spiro atoms. The van der Waals surface area contributed by atoms with Crippen molar-refractivity contribution in [3.63, 3.8) is 0 Å². The molecule has 140 valence electrons. The van der Waals surface area contributed by atoms with Crippen LogP contribution in [-0.2, 0) is 13.8 Å². The molecule has 1 N–H and O–H groups in total. The number of alkyl halides is 1. The number of benzene rings is 1. The number of hydrogen-bond donors (Lipinski definition) is 1. The second-order valence-corrected chi connectivity index (χ2v) is 7.06. The third kappa shape index (κ3) is 2.51. The van der Waals surface area contributed by atoms with Crippen LogP contribution < -0.4 is 10.5 Å². The zero-order chi connectivity index (χ0) is 19.5. The average molecular weight is 409 g/mol. The molecule has 0 bridgehead atoms. The van der Waals surface area contributed by atoms with Crippen LogP contribution in [0.4, 0.5) is 10.3 Å². The molecular weight excluding hydrogens is 394 g/mol. The Morgan fingerprint density at radius 2 is 1.96 bits per heavy atom. The molecule has 3 heterocycles. The van der Waals surface area contributed by atoms with Crippen molar-refractivity contribution >= 4 is 51.1 Å². The van der Waals surface area contributed by atoms with Gasteiger partial charge in [0, 0.05) is 38.5 Å². The summed E-state index contributed by atoms with van der Waals surface area (Å²) in [5.74, 6) is 0.523. The number of anilines is 1. The van der Waals surface area contributed by atoms with Gasteiger partial charge in [0.05, 0.1) is 21.3 Å². The first-order valence-corrected chi connectivity index (χ1v) is 8.77. The van der Waals surface area contributed by atoms with Crippen LogP contribution in [0.2, 0.25) is 10.2 Å². The van der Waals surface area contributed by atoms with Crippen molar-refractivity contribution < 1.29 is 4.39 Å². The van der Waals surface area contributed by atoms with E-state index in [9.17, 15) is 9.18 Å². The molecule has 1 aromatic carbocycles. The van der Waals surface area contributed by atoms with Crippen LogP contribution in [0.5, 0.6) is 0 Å². The predicted octanol–water partition coefficient (Wildman–Crippen LogP) is 3.58. The minimum Gasteiger partial charge on any atom is -0.348 e. The first kappa shape index (κ1) is 17.8. The number of hydrogen-bond acceptors (Lipinski definition) is 4. The molecule has 10 heteroatoms. The van der Waals surface area contributed by atoms with Crippen molar-refractivity contribution in [2.45, 2.75) is 6.80 Å². The molecule has 4 rings (SSSR count). The molecule has 0 atom stereocenters. The molecule has 0 saturated heterocycles. The lowest BCUT2D eigenvalue weighted by atomic mass is 10.0. The second kappa shape index (κ2) is 6.24. The number of aromatic nitrogens is 5. The SMILES string of the molecule is CN(C)c1nc2[nH]cc(-c3ccc4nn(CF)c(Cl)c4c3Cl)c2c(=O)n1C. The smallest absolute Gasteiger partial charge is 0.264 e. The highest BCUT2D eigenvalue weighted by atomic mass is 35.5. The van der Waals surface area contributed by atoms with E-state index in [1.807, 2.05) is 14.1 Å². The van der Waals surface area contributed by atoms with Gasteiger partial charge in [-0.05, 0) is 6.07 Å². The molecule has 0 radical (unpaired) electrons. The van der Waals surface area contributed by atoms with E-state index in [0.29, 0.717) is 44.0 Å². The summed E-state index contributed by atoms with van der Waals surface area (Å²) in [5.41, 5.74) is 1.92. The molecule has 3 aromatic heterocycles. The predicted molar refractivity (Wildman–Crippen MR) is 106 cm³/mol. The third-order valence-corrected chi connectivity index (χ3v) is 5.25. The highest BCUT2D eigenvalue weighted by Crippen LogP contribution is 2.39. The van der Waals surface area contributed by atoms with E-state index >= 15 is 0 Å². The first-order valence-electron chi connectivity index (χ1n) is 8.01. The lowest BCUT2D eigenvalue weighted by molar-refractivity contribution is 0.352. The summed E-state index contributed by atoms with van der Waals surface area (Å²) in [5, 5.41) is 5.34. The molecule has 0 fully saturated rings. The van der Waals surface area contributed by atoms with E-state index in [-0.39, 0.29) is 10.7 Å². The van der Waals surface area contributed by atoms with Crippen molar-refractivity contribution in [2.24, 2.45) is 7.05 Å². The van der Waals surface area contributed by atoms with Crippen LogP contribution in [0, 0.1) is 0 Å². The summed E-state index contributed by atoms with van der Waals surface area (Å²) in [6.07, 6.45) is 1.68.